The molecule has 7 heteroatoms. The summed E-state index contributed by atoms with van der Waals surface area (Å²) in [6.07, 6.45) is 2.75. The van der Waals surface area contributed by atoms with Crippen molar-refractivity contribution in [2.75, 3.05) is 33.4 Å². The molecular weight excluding hydrogens is 262 g/mol. The SMILES string of the molecule is COCCN1CCCC(O)(CNCc2ccon2)C1=O. The van der Waals surface area contributed by atoms with E-state index >= 15 is 0 Å². The molecule has 1 amide bonds. The van der Waals surface area contributed by atoms with Gasteiger partial charge in [0, 0.05) is 39.4 Å². The number of aromatic nitrogens is 1. The number of rotatable bonds is 7. The van der Waals surface area contributed by atoms with Crippen LogP contribution < -0.4 is 5.32 Å². The maximum absolute atomic E-state index is 12.3. The van der Waals surface area contributed by atoms with Gasteiger partial charge < -0.3 is 24.6 Å². The predicted octanol–water partition coefficient (Wildman–Crippen LogP) is -0.236. The molecule has 2 heterocycles. The summed E-state index contributed by atoms with van der Waals surface area (Å²) in [5.74, 6) is -0.228. The van der Waals surface area contributed by atoms with Crippen molar-refractivity contribution in [3.8, 4) is 0 Å². The van der Waals surface area contributed by atoms with Crippen LogP contribution in [0, 0.1) is 0 Å². The van der Waals surface area contributed by atoms with Crippen LogP contribution in [0.3, 0.4) is 0 Å². The van der Waals surface area contributed by atoms with Gasteiger partial charge in [-0.05, 0) is 12.8 Å². The minimum absolute atomic E-state index is 0.210. The number of ether oxygens (including phenoxy) is 1. The van der Waals surface area contributed by atoms with Crippen molar-refractivity contribution in [2.24, 2.45) is 0 Å². The molecule has 0 saturated carbocycles. The first kappa shape index (κ1) is 15.0. The van der Waals surface area contributed by atoms with Crippen molar-refractivity contribution in [3.05, 3.63) is 18.0 Å². The molecule has 1 aromatic rings. The lowest BCUT2D eigenvalue weighted by molar-refractivity contribution is -0.157. The molecule has 1 aromatic heterocycles. The third kappa shape index (κ3) is 3.56. The smallest absolute Gasteiger partial charge is 0.255 e. The quantitative estimate of drug-likeness (QED) is 0.718. The average molecular weight is 283 g/mol. The fourth-order valence-electron chi connectivity index (χ4n) is 2.37. The molecule has 112 valence electrons. The van der Waals surface area contributed by atoms with Gasteiger partial charge in [0.15, 0.2) is 5.60 Å². The Hall–Kier alpha value is -1.44. The van der Waals surface area contributed by atoms with Crippen LogP contribution in [-0.4, -0.2) is 60.0 Å². The van der Waals surface area contributed by atoms with E-state index in [0.717, 1.165) is 12.1 Å². The van der Waals surface area contributed by atoms with Crippen molar-refractivity contribution >= 4 is 5.91 Å². The molecule has 0 aliphatic carbocycles. The summed E-state index contributed by atoms with van der Waals surface area (Å²) in [4.78, 5) is 13.9. The Morgan fingerprint density at radius 1 is 1.65 bits per heavy atom. The third-order valence-corrected chi connectivity index (χ3v) is 3.48. The minimum atomic E-state index is -1.34. The molecular formula is C13H21N3O4. The highest BCUT2D eigenvalue weighted by Gasteiger charge is 2.41. The third-order valence-electron chi connectivity index (χ3n) is 3.48. The number of likely N-dealkylation sites (tertiary alicyclic amines) is 1. The summed E-state index contributed by atoms with van der Waals surface area (Å²) >= 11 is 0. The molecule has 1 aliphatic rings. The largest absolute Gasteiger partial charge is 0.383 e. The lowest BCUT2D eigenvalue weighted by Gasteiger charge is -2.38. The van der Waals surface area contributed by atoms with Crippen LogP contribution in [0.15, 0.2) is 16.9 Å². The summed E-state index contributed by atoms with van der Waals surface area (Å²) in [7, 11) is 1.60. The molecule has 0 bridgehead atoms. The van der Waals surface area contributed by atoms with Crippen LogP contribution in [0.2, 0.25) is 0 Å². The number of carbonyl (C=O) groups excluding carboxylic acids is 1. The second kappa shape index (κ2) is 6.83. The first-order valence-electron chi connectivity index (χ1n) is 6.76. The minimum Gasteiger partial charge on any atom is -0.383 e. The molecule has 0 aromatic carbocycles. The zero-order chi connectivity index (χ0) is 14.4. The van der Waals surface area contributed by atoms with Crippen molar-refractivity contribution in [1.82, 2.24) is 15.4 Å². The van der Waals surface area contributed by atoms with Gasteiger partial charge in [-0.1, -0.05) is 5.16 Å². The monoisotopic (exact) mass is 283 g/mol. The molecule has 7 nitrogen and oxygen atoms in total. The van der Waals surface area contributed by atoms with E-state index in [-0.39, 0.29) is 12.5 Å². The molecule has 0 radical (unpaired) electrons. The van der Waals surface area contributed by atoms with Gasteiger partial charge in [-0.15, -0.1) is 0 Å². The predicted molar refractivity (Wildman–Crippen MR) is 70.8 cm³/mol. The van der Waals surface area contributed by atoms with Gasteiger partial charge in [0.2, 0.25) is 0 Å². The Morgan fingerprint density at radius 2 is 2.50 bits per heavy atom. The highest BCUT2D eigenvalue weighted by molar-refractivity contribution is 5.86. The fraction of sp³-hybridized carbons (Fsp3) is 0.692. The summed E-state index contributed by atoms with van der Waals surface area (Å²) in [6.45, 7) is 2.34. The molecule has 2 rings (SSSR count). The van der Waals surface area contributed by atoms with Crippen LogP contribution >= 0.6 is 0 Å². The van der Waals surface area contributed by atoms with Gasteiger partial charge in [-0.25, -0.2) is 0 Å². The number of hydrogen-bond acceptors (Lipinski definition) is 6. The van der Waals surface area contributed by atoms with E-state index in [1.54, 1.807) is 18.1 Å². The highest BCUT2D eigenvalue weighted by Crippen LogP contribution is 2.22. The van der Waals surface area contributed by atoms with Crippen LogP contribution in [0.25, 0.3) is 0 Å². The first-order chi connectivity index (χ1) is 9.65. The molecule has 1 saturated heterocycles. The van der Waals surface area contributed by atoms with E-state index in [9.17, 15) is 9.90 Å². The Bertz CT molecular complexity index is 423. The van der Waals surface area contributed by atoms with E-state index < -0.39 is 5.60 Å². The Morgan fingerprint density at radius 3 is 3.20 bits per heavy atom. The molecule has 0 spiro atoms. The molecule has 20 heavy (non-hydrogen) atoms. The van der Waals surface area contributed by atoms with Crippen molar-refractivity contribution in [3.63, 3.8) is 0 Å². The lowest BCUT2D eigenvalue weighted by atomic mass is 9.91. The number of hydrogen-bond donors (Lipinski definition) is 2. The molecule has 1 atom stereocenters. The second-order valence-electron chi connectivity index (χ2n) is 5.01. The number of methoxy groups -OCH3 is 1. The summed E-state index contributed by atoms with van der Waals surface area (Å²) in [5.41, 5.74) is -0.594. The number of aliphatic hydroxyl groups is 1. The van der Waals surface area contributed by atoms with Crippen molar-refractivity contribution in [1.29, 1.82) is 0 Å². The number of amides is 1. The van der Waals surface area contributed by atoms with Crippen molar-refractivity contribution in [2.45, 2.75) is 25.0 Å². The van der Waals surface area contributed by atoms with Gasteiger partial charge in [0.1, 0.15) is 6.26 Å². The maximum atomic E-state index is 12.3. The van der Waals surface area contributed by atoms with E-state index in [4.69, 9.17) is 9.26 Å². The van der Waals surface area contributed by atoms with Crippen LogP contribution in [0.5, 0.6) is 0 Å². The Labute approximate surface area is 117 Å². The molecule has 1 unspecified atom stereocenters. The zero-order valence-electron chi connectivity index (χ0n) is 11.7. The van der Waals surface area contributed by atoms with Gasteiger partial charge in [-0.2, -0.15) is 0 Å². The van der Waals surface area contributed by atoms with E-state index in [1.165, 1.54) is 6.26 Å². The number of piperidine rings is 1. The Kier molecular flexibility index (Phi) is 5.11. The van der Waals surface area contributed by atoms with Gasteiger partial charge in [0.05, 0.1) is 12.3 Å². The summed E-state index contributed by atoms with van der Waals surface area (Å²) in [5, 5.41) is 17.3. The van der Waals surface area contributed by atoms with Crippen LogP contribution in [0.1, 0.15) is 18.5 Å². The van der Waals surface area contributed by atoms with Gasteiger partial charge in [-0.3, -0.25) is 4.79 Å². The molecule has 1 aliphatic heterocycles. The second-order valence-corrected chi connectivity index (χ2v) is 5.01. The standard InChI is InChI=1S/C13H21N3O4/c1-19-8-6-16-5-2-4-13(18,12(16)17)10-14-9-11-3-7-20-15-11/h3,7,14,18H,2,4-6,8-10H2,1H3. The van der Waals surface area contributed by atoms with Crippen molar-refractivity contribution < 1.29 is 19.2 Å². The van der Waals surface area contributed by atoms with E-state index in [2.05, 4.69) is 10.5 Å². The zero-order valence-corrected chi connectivity index (χ0v) is 11.7. The fourth-order valence-corrected chi connectivity index (χ4v) is 2.37. The highest BCUT2D eigenvalue weighted by atomic mass is 16.5. The Balaban J connectivity index is 1.85. The molecule has 2 N–H and O–H groups in total. The first-order valence-corrected chi connectivity index (χ1v) is 6.76. The van der Waals surface area contributed by atoms with E-state index in [1.807, 2.05) is 0 Å². The summed E-state index contributed by atoms with van der Waals surface area (Å²) in [6, 6.07) is 1.74. The average Bonchev–Trinajstić information content (AvgIpc) is 2.94. The van der Waals surface area contributed by atoms with Crippen LogP contribution in [0.4, 0.5) is 0 Å². The van der Waals surface area contributed by atoms with Crippen LogP contribution in [-0.2, 0) is 16.1 Å². The van der Waals surface area contributed by atoms with E-state index in [0.29, 0.717) is 32.7 Å². The topological polar surface area (TPSA) is 87.8 Å². The normalized spacial score (nSPS) is 23.3. The number of carbonyl (C=O) groups is 1. The molecule has 1 fully saturated rings. The maximum Gasteiger partial charge on any atom is 0.255 e. The van der Waals surface area contributed by atoms with Gasteiger partial charge in [0.25, 0.3) is 5.91 Å². The number of nitrogens with zero attached hydrogens (tertiary/aromatic N) is 2. The van der Waals surface area contributed by atoms with Gasteiger partial charge >= 0.3 is 0 Å². The summed E-state index contributed by atoms with van der Waals surface area (Å²) < 4.78 is 9.70. The lowest BCUT2D eigenvalue weighted by Crippen LogP contribution is -2.58. The number of nitrogens with one attached hydrogen (secondary N) is 1.